The zero-order valence-corrected chi connectivity index (χ0v) is 11.1. The van der Waals surface area contributed by atoms with E-state index < -0.39 is 18.1 Å². The highest BCUT2D eigenvalue weighted by Crippen LogP contribution is 2.05. The second-order valence-corrected chi connectivity index (χ2v) is 4.50. The predicted molar refractivity (Wildman–Crippen MR) is 75.7 cm³/mol. The third-order valence-corrected chi connectivity index (χ3v) is 2.84. The van der Waals surface area contributed by atoms with Crippen LogP contribution in [0.2, 0.25) is 0 Å². The number of hydrogen-bond acceptors (Lipinski definition) is 5. The lowest BCUT2D eigenvalue weighted by Gasteiger charge is -2.09. The summed E-state index contributed by atoms with van der Waals surface area (Å²) in [6.07, 6.45) is 7.58. The van der Waals surface area contributed by atoms with Gasteiger partial charge in [0.1, 0.15) is 6.04 Å². The van der Waals surface area contributed by atoms with E-state index in [1.807, 2.05) is 6.07 Å². The quantitative estimate of drug-likeness (QED) is 0.598. The van der Waals surface area contributed by atoms with E-state index >= 15 is 0 Å². The normalized spacial score (nSPS) is 14.1. The van der Waals surface area contributed by atoms with Crippen LogP contribution < -0.4 is 11.5 Å². The Hall–Kier alpha value is -2.05. The van der Waals surface area contributed by atoms with Crippen LogP contribution in [-0.2, 0) is 9.59 Å². The van der Waals surface area contributed by atoms with Crippen molar-refractivity contribution in [2.45, 2.75) is 31.3 Å². The van der Waals surface area contributed by atoms with Gasteiger partial charge < -0.3 is 16.6 Å². The van der Waals surface area contributed by atoms with E-state index in [9.17, 15) is 9.59 Å². The average molecular weight is 277 g/mol. The summed E-state index contributed by atoms with van der Waals surface area (Å²) in [5.74, 6) is -1.24. The molecule has 5 N–H and O–H groups in total. The highest BCUT2D eigenvalue weighted by atomic mass is 16.4. The van der Waals surface area contributed by atoms with Gasteiger partial charge in [-0.3, -0.25) is 14.6 Å². The van der Waals surface area contributed by atoms with Crippen molar-refractivity contribution in [1.29, 1.82) is 0 Å². The van der Waals surface area contributed by atoms with Crippen LogP contribution in [0, 0.1) is 0 Å². The number of nitrogens with two attached hydrogens (primary N) is 2. The van der Waals surface area contributed by atoms with Gasteiger partial charge in [0.2, 0.25) is 0 Å². The molecule has 0 spiro atoms. The molecular weight excluding hydrogens is 258 g/mol. The van der Waals surface area contributed by atoms with Crippen molar-refractivity contribution in [3.8, 4) is 0 Å². The molecule has 0 aliphatic carbocycles. The zero-order valence-electron chi connectivity index (χ0n) is 11.1. The van der Waals surface area contributed by atoms with Gasteiger partial charge in [-0.05, 0) is 43.0 Å². The maximum Gasteiger partial charge on any atom is 0.320 e. The average Bonchev–Trinajstić information content (AvgIpc) is 2.45. The summed E-state index contributed by atoms with van der Waals surface area (Å²) >= 11 is 0. The van der Waals surface area contributed by atoms with Crippen LogP contribution in [0.4, 0.5) is 0 Å². The number of aliphatic carboxylic acids is 1. The van der Waals surface area contributed by atoms with E-state index in [0.717, 1.165) is 5.56 Å². The molecule has 6 nitrogen and oxygen atoms in total. The van der Waals surface area contributed by atoms with Crippen LogP contribution in [-0.4, -0.2) is 33.9 Å². The van der Waals surface area contributed by atoms with Crippen molar-refractivity contribution in [3.63, 3.8) is 0 Å². The van der Waals surface area contributed by atoms with Gasteiger partial charge in [0.05, 0.1) is 6.04 Å². The largest absolute Gasteiger partial charge is 0.480 e. The predicted octanol–water partition coefficient (Wildman–Crippen LogP) is 0.573. The van der Waals surface area contributed by atoms with Crippen molar-refractivity contribution < 1.29 is 14.7 Å². The number of carbonyl (C=O) groups is 2. The first kappa shape index (κ1) is 16.0. The molecule has 108 valence electrons. The van der Waals surface area contributed by atoms with Gasteiger partial charge in [-0.25, -0.2) is 0 Å². The van der Waals surface area contributed by atoms with Crippen LogP contribution in [0.1, 0.15) is 24.8 Å². The third-order valence-electron chi connectivity index (χ3n) is 2.84. The molecule has 0 aliphatic rings. The van der Waals surface area contributed by atoms with Crippen LogP contribution in [0.25, 0.3) is 6.08 Å². The van der Waals surface area contributed by atoms with E-state index in [1.165, 1.54) is 6.08 Å². The summed E-state index contributed by atoms with van der Waals surface area (Å²) in [4.78, 5) is 26.2. The van der Waals surface area contributed by atoms with Crippen molar-refractivity contribution in [1.82, 2.24) is 4.98 Å². The lowest BCUT2D eigenvalue weighted by molar-refractivity contribution is -0.138. The highest BCUT2D eigenvalue weighted by Gasteiger charge is 2.14. The van der Waals surface area contributed by atoms with Gasteiger partial charge in [-0.15, -0.1) is 0 Å². The number of aromatic nitrogens is 1. The smallest absolute Gasteiger partial charge is 0.320 e. The van der Waals surface area contributed by atoms with Crippen LogP contribution >= 0.6 is 0 Å². The van der Waals surface area contributed by atoms with Crippen molar-refractivity contribution >= 4 is 17.8 Å². The van der Waals surface area contributed by atoms with Crippen LogP contribution in [0.3, 0.4) is 0 Å². The third kappa shape index (κ3) is 5.73. The maximum atomic E-state index is 11.7. The molecule has 0 aliphatic heterocycles. The molecule has 0 amide bonds. The number of rotatable bonds is 8. The highest BCUT2D eigenvalue weighted by molar-refractivity contribution is 5.97. The Labute approximate surface area is 117 Å². The number of nitrogens with zero attached hydrogens (tertiary/aromatic N) is 1. The van der Waals surface area contributed by atoms with Crippen molar-refractivity contribution in [2.75, 3.05) is 0 Å². The number of ketones is 1. The molecule has 0 radical (unpaired) electrons. The number of carbonyl (C=O) groups excluding carboxylic acids is 1. The first-order valence-corrected chi connectivity index (χ1v) is 6.36. The SMILES string of the molecule is NC(CCC[C@H](N)C(=O)O)C(=O)C=Cc1cccnc1. The summed E-state index contributed by atoms with van der Waals surface area (Å²) in [5, 5.41) is 8.63. The van der Waals surface area contributed by atoms with E-state index in [0.29, 0.717) is 19.3 Å². The van der Waals surface area contributed by atoms with Gasteiger partial charge in [0.15, 0.2) is 5.78 Å². The number of carboxylic acids is 1. The summed E-state index contributed by atoms with van der Waals surface area (Å²) < 4.78 is 0. The molecule has 0 aromatic carbocycles. The second-order valence-electron chi connectivity index (χ2n) is 4.50. The molecule has 20 heavy (non-hydrogen) atoms. The zero-order chi connectivity index (χ0) is 15.0. The van der Waals surface area contributed by atoms with E-state index in [-0.39, 0.29) is 5.78 Å². The molecule has 1 aromatic rings. The van der Waals surface area contributed by atoms with E-state index in [2.05, 4.69) is 4.98 Å². The lowest BCUT2D eigenvalue weighted by atomic mass is 10.0. The van der Waals surface area contributed by atoms with Crippen LogP contribution in [0.5, 0.6) is 0 Å². The molecule has 1 aromatic heterocycles. The Morgan fingerprint density at radius 3 is 2.60 bits per heavy atom. The Balaban J connectivity index is 2.36. The van der Waals surface area contributed by atoms with Gasteiger partial charge >= 0.3 is 5.97 Å². The summed E-state index contributed by atoms with van der Waals surface area (Å²) in [5.41, 5.74) is 11.9. The van der Waals surface area contributed by atoms with Gasteiger partial charge in [-0.2, -0.15) is 0 Å². The second kappa shape index (κ2) is 8.19. The molecular formula is C14H19N3O3. The van der Waals surface area contributed by atoms with Gasteiger partial charge in [0, 0.05) is 12.4 Å². The summed E-state index contributed by atoms with van der Waals surface area (Å²) in [7, 11) is 0. The molecule has 1 unspecified atom stereocenters. The van der Waals surface area contributed by atoms with Crippen molar-refractivity contribution in [3.05, 3.63) is 36.2 Å². The lowest BCUT2D eigenvalue weighted by Crippen LogP contribution is -2.32. The van der Waals surface area contributed by atoms with E-state index in [4.69, 9.17) is 16.6 Å². The fraction of sp³-hybridized carbons (Fsp3) is 0.357. The van der Waals surface area contributed by atoms with Gasteiger partial charge in [0.25, 0.3) is 0 Å². The van der Waals surface area contributed by atoms with Crippen molar-refractivity contribution in [2.24, 2.45) is 11.5 Å². The monoisotopic (exact) mass is 277 g/mol. The molecule has 0 saturated carbocycles. The first-order chi connectivity index (χ1) is 9.50. The fourth-order valence-electron chi connectivity index (χ4n) is 1.60. The molecule has 6 heteroatoms. The minimum atomic E-state index is -1.04. The minimum absolute atomic E-state index is 0.197. The van der Waals surface area contributed by atoms with Gasteiger partial charge in [-0.1, -0.05) is 6.07 Å². The Morgan fingerprint density at radius 1 is 1.30 bits per heavy atom. The summed E-state index contributed by atoms with van der Waals surface area (Å²) in [6.45, 7) is 0. The molecule has 0 saturated heterocycles. The molecule has 0 fully saturated rings. The van der Waals surface area contributed by atoms with E-state index in [1.54, 1.807) is 24.5 Å². The maximum absolute atomic E-state index is 11.7. The van der Waals surface area contributed by atoms with Crippen LogP contribution in [0.15, 0.2) is 30.6 Å². The molecule has 2 atom stereocenters. The Bertz CT molecular complexity index is 474. The topological polar surface area (TPSA) is 119 Å². The Morgan fingerprint density at radius 2 is 2.00 bits per heavy atom. The standard InChI is InChI=1S/C14H19N3O3/c15-11(4-1-5-12(16)14(19)20)13(18)7-6-10-3-2-8-17-9-10/h2-3,6-9,11-12H,1,4-5,15-16H2,(H,19,20)/t11?,12-/m0/s1. The summed E-state index contributed by atoms with van der Waals surface area (Å²) in [6, 6.07) is 2.07. The number of carboxylic acid groups (broad SMARTS) is 1. The molecule has 1 rings (SSSR count). The molecule has 0 bridgehead atoms. The number of pyridine rings is 1. The minimum Gasteiger partial charge on any atom is -0.480 e. The Kier molecular flexibility index (Phi) is 6.55. The molecule has 1 heterocycles. The fourth-order valence-corrected chi connectivity index (χ4v) is 1.60. The first-order valence-electron chi connectivity index (χ1n) is 6.36. The number of hydrogen-bond donors (Lipinski definition) is 3.